The average molecular weight is 223 g/mol. The molecule has 2 rings (SSSR count). The van der Waals surface area contributed by atoms with Crippen LogP contribution in [0.5, 0.6) is 0 Å². The lowest BCUT2D eigenvalue weighted by Crippen LogP contribution is -2.33. The largest absolute Gasteiger partial charge is 0.337 e. The van der Waals surface area contributed by atoms with Gasteiger partial charge in [0.2, 0.25) is 11.7 Å². The minimum absolute atomic E-state index is 0.289. The summed E-state index contributed by atoms with van der Waals surface area (Å²) in [6, 6.07) is 3.95. The molecule has 15 heavy (non-hydrogen) atoms. The zero-order chi connectivity index (χ0) is 10.9. The van der Waals surface area contributed by atoms with Gasteiger partial charge in [-0.1, -0.05) is 11.2 Å². The van der Waals surface area contributed by atoms with Crippen LogP contribution in [-0.4, -0.2) is 17.2 Å². The third-order valence-electron chi connectivity index (χ3n) is 2.33. The van der Waals surface area contributed by atoms with E-state index in [-0.39, 0.29) is 5.54 Å². The fourth-order valence-corrected chi connectivity index (χ4v) is 1.74. The Kier molecular flexibility index (Phi) is 2.58. The SMILES string of the molecule is CNC(C)(C)c1nc(-c2cccs2)no1. The standard InChI is InChI=1S/C10H13N3OS/c1-10(2,11-3)9-12-8(13-14-9)7-5-4-6-15-7/h4-6,11H,1-3H3. The Morgan fingerprint density at radius 3 is 2.87 bits per heavy atom. The molecule has 2 heterocycles. The van der Waals surface area contributed by atoms with E-state index in [0.29, 0.717) is 11.7 Å². The first kappa shape index (κ1) is 10.3. The predicted octanol–water partition coefficient (Wildman–Crippen LogP) is 2.25. The van der Waals surface area contributed by atoms with Crippen LogP contribution in [0.4, 0.5) is 0 Å². The van der Waals surface area contributed by atoms with E-state index in [0.717, 1.165) is 4.88 Å². The molecule has 4 nitrogen and oxygen atoms in total. The van der Waals surface area contributed by atoms with Gasteiger partial charge < -0.3 is 9.84 Å². The van der Waals surface area contributed by atoms with Crippen LogP contribution in [0.15, 0.2) is 22.0 Å². The van der Waals surface area contributed by atoms with Gasteiger partial charge in [-0.15, -0.1) is 11.3 Å². The van der Waals surface area contributed by atoms with Crippen molar-refractivity contribution in [3.8, 4) is 10.7 Å². The highest BCUT2D eigenvalue weighted by Crippen LogP contribution is 2.24. The van der Waals surface area contributed by atoms with Crippen molar-refractivity contribution in [2.75, 3.05) is 7.05 Å². The van der Waals surface area contributed by atoms with E-state index in [1.165, 1.54) is 0 Å². The Bertz CT molecular complexity index is 433. The Labute approximate surface area is 92.3 Å². The van der Waals surface area contributed by atoms with Gasteiger partial charge in [-0.2, -0.15) is 4.98 Å². The molecule has 0 saturated heterocycles. The molecule has 0 radical (unpaired) electrons. The highest BCUT2D eigenvalue weighted by atomic mass is 32.1. The molecule has 80 valence electrons. The zero-order valence-electron chi connectivity index (χ0n) is 8.94. The summed E-state index contributed by atoms with van der Waals surface area (Å²) < 4.78 is 5.23. The van der Waals surface area contributed by atoms with Crippen LogP contribution < -0.4 is 5.32 Å². The highest BCUT2D eigenvalue weighted by Gasteiger charge is 2.25. The van der Waals surface area contributed by atoms with Gasteiger partial charge in [0.15, 0.2) is 0 Å². The summed E-state index contributed by atoms with van der Waals surface area (Å²) in [4.78, 5) is 5.39. The molecule has 0 amide bonds. The Morgan fingerprint density at radius 1 is 1.47 bits per heavy atom. The van der Waals surface area contributed by atoms with E-state index in [1.807, 2.05) is 38.4 Å². The summed E-state index contributed by atoms with van der Waals surface area (Å²) in [7, 11) is 1.87. The van der Waals surface area contributed by atoms with Crippen molar-refractivity contribution in [2.45, 2.75) is 19.4 Å². The maximum Gasteiger partial charge on any atom is 0.246 e. The lowest BCUT2D eigenvalue weighted by molar-refractivity contribution is 0.281. The van der Waals surface area contributed by atoms with Crippen molar-refractivity contribution in [2.24, 2.45) is 0 Å². The summed E-state index contributed by atoms with van der Waals surface area (Å²) in [5.74, 6) is 1.26. The number of hydrogen-bond donors (Lipinski definition) is 1. The van der Waals surface area contributed by atoms with Crippen LogP contribution in [0.25, 0.3) is 10.7 Å². The molecule has 0 aliphatic heterocycles. The van der Waals surface area contributed by atoms with E-state index in [1.54, 1.807) is 11.3 Å². The number of nitrogens with one attached hydrogen (secondary N) is 1. The van der Waals surface area contributed by atoms with Crippen LogP contribution in [-0.2, 0) is 5.54 Å². The predicted molar refractivity (Wildman–Crippen MR) is 59.7 cm³/mol. The summed E-state index contributed by atoms with van der Waals surface area (Å²) >= 11 is 1.60. The molecular weight excluding hydrogens is 210 g/mol. The van der Waals surface area contributed by atoms with Gasteiger partial charge in [0.05, 0.1) is 10.4 Å². The van der Waals surface area contributed by atoms with Gasteiger partial charge in [-0.25, -0.2) is 0 Å². The average Bonchev–Trinajstić information content (AvgIpc) is 2.88. The number of aromatic nitrogens is 2. The normalized spacial score (nSPS) is 11.9. The van der Waals surface area contributed by atoms with Crippen molar-refractivity contribution in [3.63, 3.8) is 0 Å². The van der Waals surface area contributed by atoms with Gasteiger partial charge in [0.1, 0.15) is 0 Å². The van der Waals surface area contributed by atoms with Gasteiger partial charge in [0.25, 0.3) is 0 Å². The minimum Gasteiger partial charge on any atom is -0.337 e. The number of hydrogen-bond acceptors (Lipinski definition) is 5. The van der Waals surface area contributed by atoms with Crippen LogP contribution in [0.1, 0.15) is 19.7 Å². The fraction of sp³-hybridized carbons (Fsp3) is 0.400. The number of rotatable bonds is 3. The highest BCUT2D eigenvalue weighted by molar-refractivity contribution is 7.13. The zero-order valence-corrected chi connectivity index (χ0v) is 9.76. The van der Waals surface area contributed by atoms with Gasteiger partial charge >= 0.3 is 0 Å². The quantitative estimate of drug-likeness (QED) is 0.867. The minimum atomic E-state index is -0.289. The molecule has 1 N–H and O–H groups in total. The summed E-state index contributed by atoms with van der Waals surface area (Å²) in [6.45, 7) is 4.00. The van der Waals surface area contributed by atoms with Crippen molar-refractivity contribution in [1.82, 2.24) is 15.5 Å². The summed E-state index contributed by atoms with van der Waals surface area (Å²) in [6.07, 6.45) is 0. The Morgan fingerprint density at radius 2 is 2.27 bits per heavy atom. The lowest BCUT2D eigenvalue weighted by Gasteiger charge is -2.17. The van der Waals surface area contributed by atoms with Crippen LogP contribution in [0.2, 0.25) is 0 Å². The van der Waals surface area contributed by atoms with Crippen LogP contribution in [0, 0.1) is 0 Å². The smallest absolute Gasteiger partial charge is 0.246 e. The Balaban J connectivity index is 2.33. The van der Waals surface area contributed by atoms with Gasteiger partial charge in [-0.05, 0) is 32.3 Å². The Hall–Kier alpha value is -1.20. The first-order valence-corrected chi connectivity index (χ1v) is 5.58. The second-order valence-electron chi connectivity index (χ2n) is 3.78. The molecule has 0 aliphatic carbocycles. The van der Waals surface area contributed by atoms with Crippen molar-refractivity contribution in [1.29, 1.82) is 0 Å². The second-order valence-corrected chi connectivity index (χ2v) is 4.72. The molecule has 0 aliphatic rings. The van der Waals surface area contributed by atoms with Crippen LogP contribution in [0.3, 0.4) is 0 Å². The number of nitrogens with zero attached hydrogens (tertiary/aromatic N) is 2. The molecule has 0 spiro atoms. The third kappa shape index (κ3) is 1.93. The monoisotopic (exact) mass is 223 g/mol. The van der Waals surface area contributed by atoms with Crippen molar-refractivity contribution >= 4 is 11.3 Å². The lowest BCUT2D eigenvalue weighted by atomic mass is 10.1. The topological polar surface area (TPSA) is 51.0 Å². The van der Waals surface area contributed by atoms with E-state index in [4.69, 9.17) is 4.52 Å². The molecule has 0 fully saturated rings. The number of thiophene rings is 1. The molecule has 0 aromatic carbocycles. The van der Waals surface area contributed by atoms with Crippen LogP contribution >= 0.6 is 11.3 Å². The van der Waals surface area contributed by atoms with Gasteiger partial charge in [-0.3, -0.25) is 0 Å². The van der Waals surface area contributed by atoms with E-state index in [9.17, 15) is 0 Å². The molecular formula is C10H13N3OS. The molecule has 0 unspecified atom stereocenters. The first-order chi connectivity index (χ1) is 7.13. The second kappa shape index (κ2) is 3.75. The maximum atomic E-state index is 5.23. The fourth-order valence-electron chi connectivity index (χ4n) is 1.09. The summed E-state index contributed by atoms with van der Waals surface area (Å²) in [5, 5.41) is 9.08. The van der Waals surface area contributed by atoms with Crippen molar-refractivity contribution in [3.05, 3.63) is 23.4 Å². The van der Waals surface area contributed by atoms with E-state index < -0.39 is 0 Å². The first-order valence-electron chi connectivity index (χ1n) is 4.70. The van der Waals surface area contributed by atoms with E-state index >= 15 is 0 Å². The van der Waals surface area contributed by atoms with Gasteiger partial charge in [0, 0.05) is 0 Å². The summed E-state index contributed by atoms with van der Waals surface area (Å²) in [5.41, 5.74) is -0.289. The van der Waals surface area contributed by atoms with E-state index in [2.05, 4.69) is 15.5 Å². The molecule has 0 saturated carbocycles. The molecule has 0 bridgehead atoms. The molecule has 0 atom stereocenters. The molecule has 5 heteroatoms. The molecule has 2 aromatic rings. The van der Waals surface area contributed by atoms with Crippen molar-refractivity contribution < 1.29 is 4.52 Å². The molecule has 2 aromatic heterocycles. The third-order valence-corrected chi connectivity index (χ3v) is 3.19. The maximum absolute atomic E-state index is 5.23.